The molecule has 1 heterocycles. The lowest BCUT2D eigenvalue weighted by molar-refractivity contribution is -0.134. The van der Waals surface area contributed by atoms with Crippen molar-refractivity contribution < 1.29 is 19.8 Å². The number of aromatic hydroxyl groups is 1. The average Bonchev–Trinajstić information content (AvgIpc) is 3.20. The monoisotopic (exact) mass is 373 g/mol. The zero-order valence-electron chi connectivity index (χ0n) is 15.8. The number of nitrogens with zero attached hydrogens (tertiary/aromatic N) is 2. The van der Waals surface area contributed by atoms with Gasteiger partial charge < -0.3 is 25.0 Å². The van der Waals surface area contributed by atoms with Gasteiger partial charge in [0.15, 0.2) is 0 Å². The van der Waals surface area contributed by atoms with Crippen molar-refractivity contribution in [1.29, 1.82) is 0 Å². The molecule has 0 radical (unpaired) electrons. The van der Waals surface area contributed by atoms with E-state index in [1.54, 1.807) is 21.6 Å². The van der Waals surface area contributed by atoms with Gasteiger partial charge >= 0.3 is 0 Å². The van der Waals surface area contributed by atoms with E-state index in [0.717, 1.165) is 12.8 Å². The fourth-order valence-corrected chi connectivity index (χ4v) is 2.89. The van der Waals surface area contributed by atoms with Gasteiger partial charge in [-0.2, -0.15) is 0 Å². The molecule has 3 N–H and O–H groups in total. The summed E-state index contributed by atoms with van der Waals surface area (Å²) < 4.78 is 1.80. The zero-order valence-corrected chi connectivity index (χ0v) is 15.8. The summed E-state index contributed by atoms with van der Waals surface area (Å²) in [6.45, 7) is 4.55. The van der Waals surface area contributed by atoms with Crippen LogP contribution < -0.4 is 5.32 Å². The molecule has 146 valence electrons. The quantitative estimate of drug-likeness (QED) is 0.626. The summed E-state index contributed by atoms with van der Waals surface area (Å²) in [4.78, 5) is 26.9. The smallest absolute Gasteiger partial charge is 0.255 e. The highest BCUT2D eigenvalue weighted by molar-refractivity contribution is 6.00. The standard InChI is InChI=1S/C20H27N3O4/c1-3-9-23(10-4-2)20(27)17(14-24)21-19(26)16-13-15(7-8-18(16)25)22-11-5-6-12-22/h5-8,11-13,17,24-25H,3-4,9-10,14H2,1-2H3,(H,21,26). The predicted molar refractivity (Wildman–Crippen MR) is 103 cm³/mol. The number of aromatic nitrogens is 1. The number of aliphatic hydroxyl groups is 1. The Hall–Kier alpha value is -2.80. The van der Waals surface area contributed by atoms with Crippen LogP contribution in [0, 0.1) is 0 Å². The minimum Gasteiger partial charge on any atom is -0.507 e. The maximum atomic E-state index is 12.6. The second-order valence-corrected chi connectivity index (χ2v) is 6.33. The summed E-state index contributed by atoms with van der Waals surface area (Å²) in [5.74, 6) is -1.12. The van der Waals surface area contributed by atoms with Crippen molar-refractivity contribution in [3.8, 4) is 11.4 Å². The molecular formula is C20H27N3O4. The van der Waals surface area contributed by atoms with Crippen LogP contribution in [-0.4, -0.2) is 57.2 Å². The van der Waals surface area contributed by atoms with Gasteiger partial charge in [-0.15, -0.1) is 0 Å². The van der Waals surface area contributed by atoms with Gasteiger partial charge in [0.2, 0.25) is 5.91 Å². The molecule has 1 aromatic carbocycles. The maximum absolute atomic E-state index is 12.6. The van der Waals surface area contributed by atoms with Crippen LogP contribution in [0.25, 0.3) is 5.69 Å². The minimum absolute atomic E-state index is 0.0463. The van der Waals surface area contributed by atoms with Gasteiger partial charge in [0, 0.05) is 31.2 Å². The number of hydrogen-bond acceptors (Lipinski definition) is 4. The minimum atomic E-state index is -1.05. The van der Waals surface area contributed by atoms with Crippen molar-refractivity contribution in [3.63, 3.8) is 0 Å². The van der Waals surface area contributed by atoms with Gasteiger partial charge in [-0.1, -0.05) is 13.8 Å². The van der Waals surface area contributed by atoms with E-state index in [-0.39, 0.29) is 17.2 Å². The number of rotatable bonds is 9. The Labute approximate surface area is 159 Å². The van der Waals surface area contributed by atoms with Crippen molar-refractivity contribution in [2.75, 3.05) is 19.7 Å². The molecule has 2 amide bonds. The van der Waals surface area contributed by atoms with Crippen LogP contribution in [0.15, 0.2) is 42.7 Å². The SMILES string of the molecule is CCCN(CCC)C(=O)C(CO)NC(=O)c1cc(-n2cccc2)ccc1O. The molecule has 2 aromatic rings. The van der Waals surface area contributed by atoms with E-state index >= 15 is 0 Å². The number of nitrogens with one attached hydrogen (secondary N) is 1. The van der Waals surface area contributed by atoms with Crippen LogP contribution >= 0.6 is 0 Å². The summed E-state index contributed by atoms with van der Waals surface area (Å²) >= 11 is 0. The lowest BCUT2D eigenvalue weighted by Gasteiger charge is -2.26. The number of phenols is 1. The summed E-state index contributed by atoms with van der Waals surface area (Å²) in [6.07, 6.45) is 5.22. The van der Waals surface area contributed by atoms with Crippen LogP contribution in [0.2, 0.25) is 0 Å². The van der Waals surface area contributed by atoms with E-state index in [4.69, 9.17) is 0 Å². The van der Waals surface area contributed by atoms with E-state index in [2.05, 4.69) is 5.32 Å². The van der Waals surface area contributed by atoms with Gasteiger partial charge in [-0.05, 0) is 43.2 Å². The third-order valence-electron chi connectivity index (χ3n) is 4.21. The first-order valence-corrected chi connectivity index (χ1v) is 9.18. The lowest BCUT2D eigenvalue weighted by atomic mass is 10.1. The van der Waals surface area contributed by atoms with Crippen LogP contribution in [0.4, 0.5) is 0 Å². The molecule has 27 heavy (non-hydrogen) atoms. The molecule has 0 aliphatic heterocycles. The highest BCUT2D eigenvalue weighted by atomic mass is 16.3. The fourth-order valence-electron chi connectivity index (χ4n) is 2.89. The molecule has 1 aromatic heterocycles. The topological polar surface area (TPSA) is 94.8 Å². The average molecular weight is 373 g/mol. The van der Waals surface area contributed by atoms with Gasteiger partial charge in [0.25, 0.3) is 5.91 Å². The number of aliphatic hydroxyl groups excluding tert-OH is 1. The molecule has 0 aliphatic rings. The van der Waals surface area contributed by atoms with Crippen LogP contribution in [-0.2, 0) is 4.79 Å². The Morgan fingerprint density at radius 3 is 2.33 bits per heavy atom. The second-order valence-electron chi connectivity index (χ2n) is 6.33. The zero-order chi connectivity index (χ0) is 19.8. The molecule has 1 unspecified atom stereocenters. The third kappa shape index (κ3) is 5.10. The Bertz CT molecular complexity index is 753. The molecule has 0 saturated carbocycles. The summed E-state index contributed by atoms with van der Waals surface area (Å²) in [6, 6.07) is 7.31. The molecule has 1 atom stereocenters. The van der Waals surface area contributed by atoms with Crippen molar-refractivity contribution in [2.24, 2.45) is 0 Å². The third-order valence-corrected chi connectivity index (χ3v) is 4.21. The van der Waals surface area contributed by atoms with Gasteiger partial charge in [0.1, 0.15) is 11.8 Å². The first-order chi connectivity index (χ1) is 13.0. The number of carbonyl (C=O) groups excluding carboxylic acids is 2. The molecule has 0 saturated heterocycles. The van der Waals surface area contributed by atoms with Gasteiger partial charge in [-0.3, -0.25) is 9.59 Å². The number of carbonyl (C=O) groups is 2. The molecular weight excluding hydrogens is 346 g/mol. The highest BCUT2D eigenvalue weighted by Gasteiger charge is 2.26. The molecule has 2 rings (SSSR count). The molecule has 0 fully saturated rings. The van der Waals surface area contributed by atoms with Crippen LogP contribution in [0.3, 0.4) is 0 Å². The molecule has 0 spiro atoms. The lowest BCUT2D eigenvalue weighted by Crippen LogP contribution is -2.51. The number of benzene rings is 1. The number of hydrogen-bond donors (Lipinski definition) is 3. The van der Waals surface area contributed by atoms with E-state index in [0.29, 0.717) is 18.8 Å². The first-order valence-electron chi connectivity index (χ1n) is 9.18. The Balaban J connectivity index is 2.19. The molecule has 7 heteroatoms. The van der Waals surface area contributed by atoms with Crippen LogP contribution in [0.1, 0.15) is 37.0 Å². The summed E-state index contributed by atoms with van der Waals surface area (Å²) in [5, 5.41) is 22.2. The predicted octanol–water partition coefficient (Wildman–Crippen LogP) is 1.92. The highest BCUT2D eigenvalue weighted by Crippen LogP contribution is 2.21. The Kier molecular flexibility index (Phi) is 7.43. The van der Waals surface area contributed by atoms with E-state index < -0.39 is 18.6 Å². The first kappa shape index (κ1) is 20.5. The molecule has 7 nitrogen and oxygen atoms in total. The summed E-state index contributed by atoms with van der Waals surface area (Å²) in [7, 11) is 0. The Morgan fingerprint density at radius 1 is 1.15 bits per heavy atom. The number of phenolic OH excluding ortho intramolecular Hbond substituents is 1. The second kappa shape index (κ2) is 9.78. The van der Waals surface area contributed by atoms with E-state index in [1.165, 1.54) is 6.07 Å². The number of amides is 2. The largest absolute Gasteiger partial charge is 0.507 e. The Morgan fingerprint density at radius 2 is 1.78 bits per heavy atom. The van der Waals surface area contributed by atoms with Crippen molar-refractivity contribution in [2.45, 2.75) is 32.7 Å². The van der Waals surface area contributed by atoms with Crippen LogP contribution in [0.5, 0.6) is 5.75 Å². The van der Waals surface area contributed by atoms with Crippen molar-refractivity contribution in [3.05, 3.63) is 48.3 Å². The van der Waals surface area contributed by atoms with Crippen molar-refractivity contribution >= 4 is 11.8 Å². The van der Waals surface area contributed by atoms with Gasteiger partial charge in [-0.25, -0.2) is 0 Å². The van der Waals surface area contributed by atoms with Gasteiger partial charge in [0.05, 0.1) is 12.2 Å². The van der Waals surface area contributed by atoms with E-state index in [9.17, 15) is 19.8 Å². The molecule has 0 bridgehead atoms. The van der Waals surface area contributed by atoms with Crippen molar-refractivity contribution in [1.82, 2.24) is 14.8 Å². The summed E-state index contributed by atoms with van der Waals surface area (Å²) in [5.41, 5.74) is 0.749. The van der Waals surface area contributed by atoms with E-state index in [1.807, 2.05) is 38.4 Å². The maximum Gasteiger partial charge on any atom is 0.255 e. The fraction of sp³-hybridized carbons (Fsp3) is 0.400. The normalized spacial score (nSPS) is 11.8. The molecule has 0 aliphatic carbocycles.